The van der Waals surface area contributed by atoms with Gasteiger partial charge >= 0.3 is 0 Å². The maximum atomic E-state index is 11.0. The van der Waals surface area contributed by atoms with E-state index in [0.717, 1.165) is 11.3 Å². The standard InChI is InChI=1S/C10H10N4O/c1-6-7(3-2-4-12-6)9-5-8(11)10(15)14-13-9/h2-5H,1H3,(H2,11,13)(H,14,15). The summed E-state index contributed by atoms with van der Waals surface area (Å²) >= 11 is 0. The molecule has 0 bridgehead atoms. The lowest BCUT2D eigenvalue weighted by Crippen LogP contribution is -2.13. The van der Waals surface area contributed by atoms with Gasteiger partial charge in [0.2, 0.25) is 0 Å². The summed E-state index contributed by atoms with van der Waals surface area (Å²) in [6.07, 6.45) is 1.70. The van der Waals surface area contributed by atoms with E-state index in [0.29, 0.717) is 5.69 Å². The Morgan fingerprint density at radius 2 is 2.27 bits per heavy atom. The molecule has 0 unspecified atom stereocenters. The summed E-state index contributed by atoms with van der Waals surface area (Å²) in [7, 11) is 0. The molecule has 2 aromatic rings. The molecule has 0 saturated carbocycles. The van der Waals surface area contributed by atoms with Crippen molar-refractivity contribution in [3.63, 3.8) is 0 Å². The van der Waals surface area contributed by atoms with E-state index in [2.05, 4.69) is 15.2 Å². The zero-order chi connectivity index (χ0) is 10.8. The van der Waals surface area contributed by atoms with E-state index < -0.39 is 0 Å². The fourth-order valence-corrected chi connectivity index (χ4v) is 1.31. The molecule has 2 aromatic heterocycles. The van der Waals surface area contributed by atoms with Crippen molar-refractivity contribution in [2.24, 2.45) is 0 Å². The van der Waals surface area contributed by atoms with E-state index in [-0.39, 0.29) is 11.2 Å². The Kier molecular flexibility index (Phi) is 2.21. The fourth-order valence-electron chi connectivity index (χ4n) is 1.31. The van der Waals surface area contributed by atoms with Gasteiger partial charge in [0.15, 0.2) is 0 Å². The molecule has 0 amide bonds. The van der Waals surface area contributed by atoms with Gasteiger partial charge in [-0.15, -0.1) is 0 Å². The van der Waals surface area contributed by atoms with Crippen LogP contribution in [-0.4, -0.2) is 15.2 Å². The number of nitrogens with two attached hydrogens (primary N) is 1. The van der Waals surface area contributed by atoms with Crippen LogP contribution in [0.15, 0.2) is 29.2 Å². The molecule has 15 heavy (non-hydrogen) atoms. The molecule has 5 nitrogen and oxygen atoms in total. The number of anilines is 1. The summed E-state index contributed by atoms with van der Waals surface area (Å²) in [5.41, 5.74) is 7.61. The van der Waals surface area contributed by atoms with Crippen LogP contribution in [0, 0.1) is 6.92 Å². The summed E-state index contributed by atoms with van der Waals surface area (Å²) in [5.74, 6) is 0. The van der Waals surface area contributed by atoms with Crippen LogP contribution in [0.3, 0.4) is 0 Å². The quantitative estimate of drug-likeness (QED) is 0.713. The topological polar surface area (TPSA) is 84.7 Å². The van der Waals surface area contributed by atoms with E-state index in [9.17, 15) is 4.79 Å². The Hall–Kier alpha value is -2.17. The van der Waals surface area contributed by atoms with Gasteiger partial charge in [0.1, 0.15) is 5.69 Å². The zero-order valence-electron chi connectivity index (χ0n) is 8.19. The fraction of sp³-hybridized carbons (Fsp3) is 0.100. The van der Waals surface area contributed by atoms with Gasteiger partial charge in [0.25, 0.3) is 5.56 Å². The van der Waals surface area contributed by atoms with Crippen LogP contribution in [0.5, 0.6) is 0 Å². The number of H-pyrrole nitrogens is 1. The van der Waals surface area contributed by atoms with E-state index in [1.54, 1.807) is 12.3 Å². The summed E-state index contributed by atoms with van der Waals surface area (Å²) in [5, 5.41) is 6.25. The van der Waals surface area contributed by atoms with Crippen LogP contribution >= 0.6 is 0 Å². The molecule has 0 spiro atoms. The lowest BCUT2D eigenvalue weighted by molar-refractivity contribution is 0.995. The second-order valence-corrected chi connectivity index (χ2v) is 3.17. The maximum absolute atomic E-state index is 11.0. The zero-order valence-corrected chi connectivity index (χ0v) is 8.19. The maximum Gasteiger partial charge on any atom is 0.287 e. The van der Waals surface area contributed by atoms with Crippen LogP contribution in [0.2, 0.25) is 0 Å². The number of aromatic nitrogens is 3. The minimum atomic E-state index is -0.375. The first-order valence-corrected chi connectivity index (χ1v) is 4.45. The Morgan fingerprint density at radius 3 is 2.93 bits per heavy atom. The third kappa shape index (κ3) is 1.71. The Labute approximate surface area is 86.0 Å². The minimum absolute atomic E-state index is 0.156. The lowest BCUT2D eigenvalue weighted by Gasteiger charge is -2.03. The van der Waals surface area contributed by atoms with Crippen molar-refractivity contribution in [1.82, 2.24) is 15.2 Å². The third-order valence-electron chi connectivity index (χ3n) is 2.12. The van der Waals surface area contributed by atoms with Crippen molar-refractivity contribution < 1.29 is 0 Å². The molecular formula is C10H10N4O. The van der Waals surface area contributed by atoms with E-state index >= 15 is 0 Å². The van der Waals surface area contributed by atoms with Gasteiger partial charge in [-0.3, -0.25) is 9.78 Å². The average molecular weight is 202 g/mol. The van der Waals surface area contributed by atoms with Gasteiger partial charge in [0, 0.05) is 17.5 Å². The number of aromatic amines is 1. The van der Waals surface area contributed by atoms with E-state index in [1.165, 1.54) is 0 Å². The SMILES string of the molecule is Cc1ncccc1-c1cc(N)c(=O)[nH]n1. The van der Waals surface area contributed by atoms with Gasteiger partial charge in [-0.25, -0.2) is 5.10 Å². The molecule has 0 radical (unpaired) electrons. The molecule has 2 rings (SSSR count). The monoisotopic (exact) mass is 202 g/mol. The molecule has 0 fully saturated rings. The largest absolute Gasteiger partial charge is 0.394 e. The third-order valence-corrected chi connectivity index (χ3v) is 2.12. The number of pyridine rings is 1. The van der Waals surface area contributed by atoms with Crippen LogP contribution in [0.4, 0.5) is 5.69 Å². The van der Waals surface area contributed by atoms with Crippen molar-refractivity contribution in [2.75, 3.05) is 5.73 Å². The summed E-state index contributed by atoms with van der Waals surface area (Å²) in [4.78, 5) is 15.2. The number of hydrogen-bond acceptors (Lipinski definition) is 4. The van der Waals surface area contributed by atoms with Crippen molar-refractivity contribution in [3.8, 4) is 11.3 Å². The number of nitrogen functional groups attached to an aromatic ring is 1. The number of rotatable bonds is 1. The number of nitrogens with zero attached hydrogens (tertiary/aromatic N) is 2. The van der Waals surface area contributed by atoms with Crippen molar-refractivity contribution in [3.05, 3.63) is 40.4 Å². The lowest BCUT2D eigenvalue weighted by atomic mass is 10.1. The average Bonchev–Trinajstić information content (AvgIpc) is 2.23. The molecule has 0 aliphatic rings. The Balaban J connectivity index is 2.60. The van der Waals surface area contributed by atoms with Crippen molar-refractivity contribution in [1.29, 1.82) is 0 Å². The normalized spacial score (nSPS) is 10.2. The van der Waals surface area contributed by atoms with Gasteiger partial charge in [-0.1, -0.05) is 0 Å². The van der Waals surface area contributed by atoms with E-state index in [1.807, 2.05) is 19.1 Å². The number of hydrogen-bond donors (Lipinski definition) is 2. The van der Waals surface area contributed by atoms with Crippen LogP contribution in [-0.2, 0) is 0 Å². The van der Waals surface area contributed by atoms with E-state index in [4.69, 9.17) is 5.73 Å². The molecule has 76 valence electrons. The second-order valence-electron chi connectivity index (χ2n) is 3.17. The van der Waals surface area contributed by atoms with Gasteiger partial charge < -0.3 is 5.73 Å². The molecule has 5 heteroatoms. The molecule has 0 atom stereocenters. The number of nitrogens with one attached hydrogen (secondary N) is 1. The van der Waals surface area contributed by atoms with Gasteiger partial charge in [-0.05, 0) is 25.1 Å². The smallest absolute Gasteiger partial charge is 0.287 e. The molecule has 0 aromatic carbocycles. The van der Waals surface area contributed by atoms with Crippen LogP contribution < -0.4 is 11.3 Å². The highest BCUT2D eigenvalue weighted by molar-refractivity contribution is 5.63. The summed E-state index contributed by atoms with van der Waals surface area (Å²) < 4.78 is 0. The summed E-state index contributed by atoms with van der Waals surface area (Å²) in [6, 6.07) is 5.23. The molecule has 0 aliphatic carbocycles. The summed E-state index contributed by atoms with van der Waals surface area (Å²) in [6.45, 7) is 1.87. The van der Waals surface area contributed by atoms with Crippen molar-refractivity contribution in [2.45, 2.75) is 6.92 Å². The first-order valence-electron chi connectivity index (χ1n) is 4.45. The molecular weight excluding hydrogens is 192 g/mol. The highest BCUT2D eigenvalue weighted by atomic mass is 16.1. The van der Waals surface area contributed by atoms with Crippen LogP contribution in [0.1, 0.15) is 5.69 Å². The van der Waals surface area contributed by atoms with Gasteiger partial charge in [-0.2, -0.15) is 5.10 Å². The highest BCUT2D eigenvalue weighted by Gasteiger charge is 2.05. The van der Waals surface area contributed by atoms with Gasteiger partial charge in [0.05, 0.1) is 5.69 Å². The molecule has 0 aliphatic heterocycles. The number of aryl methyl sites for hydroxylation is 1. The minimum Gasteiger partial charge on any atom is -0.394 e. The Morgan fingerprint density at radius 1 is 1.47 bits per heavy atom. The highest BCUT2D eigenvalue weighted by Crippen LogP contribution is 2.18. The molecule has 0 saturated heterocycles. The molecule has 2 heterocycles. The molecule has 3 N–H and O–H groups in total. The van der Waals surface area contributed by atoms with Crippen LogP contribution in [0.25, 0.3) is 11.3 Å². The first-order chi connectivity index (χ1) is 7.18. The first kappa shape index (κ1) is 9.39. The second kappa shape index (κ2) is 3.53. The predicted molar refractivity (Wildman–Crippen MR) is 57.2 cm³/mol. The Bertz CT molecular complexity index is 547. The predicted octanol–water partition coefficient (Wildman–Crippen LogP) is 0.723. The van der Waals surface area contributed by atoms with Crippen molar-refractivity contribution >= 4 is 5.69 Å².